The highest BCUT2D eigenvalue weighted by molar-refractivity contribution is 5.39. The van der Waals surface area contributed by atoms with Crippen molar-refractivity contribution in [2.24, 2.45) is 11.8 Å². The van der Waals surface area contributed by atoms with Crippen LogP contribution in [-0.2, 0) is 24.3 Å². The largest absolute Gasteiger partial charge is 0.489 e. The van der Waals surface area contributed by atoms with Gasteiger partial charge in [0.25, 0.3) is 0 Å². The summed E-state index contributed by atoms with van der Waals surface area (Å²) >= 11 is 0. The van der Waals surface area contributed by atoms with Gasteiger partial charge in [-0.3, -0.25) is 0 Å². The Kier molecular flexibility index (Phi) is 7.36. The molecule has 0 saturated carbocycles. The number of hydrogen-bond acceptors (Lipinski definition) is 3. The van der Waals surface area contributed by atoms with E-state index in [0.29, 0.717) is 18.4 Å². The van der Waals surface area contributed by atoms with Crippen LogP contribution in [0.1, 0.15) is 30.0 Å². The normalized spacial score (nSPS) is 21.6. The number of halogens is 1. The van der Waals surface area contributed by atoms with E-state index in [9.17, 15) is 4.39 Å². The summed E-state index contributed by atoms with van der Waals surface area (Å²) in [5.41, 5.74) is 6.41. The molecule has 39 heavy (non-hydrogen) atoms. The number of hydrogen-bond donors (Lipinski definition) is 0. The predicted octanol–water partition coefficient (Wildman–Crippen LogP) is 7.61. The van der Waals surface area contributed by atoms with Gasteiger partial charge >= 0.3 is 0 Å². The Morgan fingerprint density at radius 1 is 0.821 bits per heavy atom. The third-order valence-electron chi connectivity index (χ3n) is 8.11. The number of likely N-dealkylation sites (tertiary alicyclic amines) is 1. The van der Waals surface area contributed by atoms with Crippen molar-refractivity contribution in [2.45, 2.75) is 39.0 Å². The highest BCUT2D eigenvalue weighted by atomic mass is 19.1. The SMILES string of the molecule is CC1=C2C(C=CN1Cc1ccccc1)C1C=CC(OCc3ccc(F)cc3)=CC1N2CCCc1ccccc1. The first-order chi connectivity index (χ1) is 19.2. The van der Waals surface area contributed by atoms with Gasteiger partial charge in [0.15, 0.2) is 0 Å². The molecule has 3 nitrogen and oxygen atoms in total. The van der Waals surface area contributed by atoms with Crippen LogP contribution in [0, 0.1) is 17.7 Å². The Balaban J connectivity index is 1.24. The average molecular weight is 519 g/mol. The number of benzene rings is 3. The summed E-state index contributed by atoms with van der Waals surface area (Å²) < 4.78 is 19.5. The highest BCUT2D eigenvalue weighted by Gasteiger charge is 2.45. The first-order valence-electron chi connectivity index (χ1n) is 13.9. The van der Waals surface area contributed by atoms with E-state index in [0.717, 1.165) is 37.3 Å². The Hall–Kier alpha value is -4.05. The second-order valence-corrected chi connectivity index (χ2v) is 10.6. The third-order valence-corrected chi connectivity index (χ3v) is 8.11. The van der Waals surface area contributed by atoms with Crippen molar-refractivity contribution in [3.8, 4) is 0 Å². The summed E-state index contributed by atoms with van der Waals surface area (Å²) in [5.74, 6) is 1.39. The Morgan fingerprint density at radius 2 is 1.54 bits per heavy atom. The van der Waals surface area contributed by atoms with Crippen LogP contribution >= 0.6 is 0 Å². The smallest absolute Gasteiger partial charge is 0.123 e. The molecule has 3 aromatic carbocycles. The van der Waals surface area contributed by atoms with Crippen LogP contribution in [0.25, 0.3) is 0 Å². The van der Waals surface area contributed by atoms with E-state index in [2.05, 4.69) is 108 Å². The lowest BCUT2D eigenvalue weighted by atomic mass is 9.84. The molecule has 1 aliphatic carbocycles. The van der Waals surface area contributed by atoms with E-state index in [1.54, 1.807) is 12.1 Å². The number of aryl methyl sites for hydroxylation is 1. The van der Waals surface area contributed by atoms with Gasteiger partial charge < -0.3 is 14.5 Å². The number of allylic oxidation sites excluding steroid dienone is 3. The van der Waals surface area contributed by atoms with Gasteiger partial charge in [-0.1, -0.05) is 84.9 Å². The molecule has 3 aromatic rings. The van der Waals surface area contributed by atoms with Crippen LogP contribution in [0.2, 0.25) is 0 Å². The lowest BCUT2D eigenvalue weighted by Crippen LogP contribution is -2.34. The molecule has 0 spiro atoms. The van der Waals surface area contributed by atoms with Gasteiger partial charge in [0.05, 0.1) is 6.04 Å². The van der Waals surface area contributed by atoms with Gasteiger partial charge in [0.2, 0.25) is 0 Å². The second-order valence-electron chi connectivity index (χ2n) is 10.6. The van der Waals surface area contributed by atoms with Crippen molar-refractivity contribution in [3.63, 3.8) is 0 Å². The van der Waals surface area contributed by atoms with E-state index < -0.39 is 0 Å². The number of nitrogens with zero attached hydrogens (tertiary/aromatic N) is 2. The molecule has 198 valence electrons. The lowest BCUT2D eigenvalue weighted by Gasteiger charge is -2.34. The highest BCUT2D eigenvalue weighted by Crippen LogP contribution is 2.47. The van der Waals surface area contributed by atoms with Crippen molar-refractivity contribution in [3.05, 3.63) is 155 Å². The molecule has 1 saturated heterocycles. The van der Waals surface area contributed by atoms with Crippen molar-refractivity contribution in [2.75, 3.05) is 6.54 Å². The summed E-state index contributed by atoms with van der Waals surface area (Å²) in [7, 11) is 0. The quantitative estimate of drug-likeness (QED) is 0.290. The predicted molar refractivity (Wildman–Crippen MR) is 154 cm³/mol. The lowest BCUT2D eigenvalue weighted by molar-refractivity contribution is 0.200. The summed E-state index contributed by atoms with van der Waals surface area (Å²) in [5, 5.41) is 0. The van der Waals surface area contributed by atoms with Gasteiger partial charge in [0, 0.05) is 42.5 Å². The molecule has 2 heterocycles. The van der Waals surface area contributed by atoms with Gasteiger partial charge in [-0.25, -0.2) is 4.39 Å². The topological polar surface area (TPSA) is 15.7 Å². The van der Waals surface area contributed by atoms with Crippen LogP contribution in [0.5, 0.6) is 0 Å². The fourth-order valence-electron chi connectivity index (χ4n) is 6.11. The molecular weight excluding hydrogens is 483 g/mol. The molecule has 3 atom stereocenters. The first kappa shape index (κ1) is 25.2. The Bertz CT molecular complexity index is 1390. The summed E-state index contributed by atoms with van der Waals surface area (Å²) in [6.45, 7) is 4.56. The summed E-state index contributed by atoms with van der Waals surface area (Å²) in [4.78, 5) is 5.02. The van der Waals surface area contributed by atoms with Gasteiger partial charge in [-0.2, -0.15) is 0 Å². The Morgan fingerprint density at radius 3 is 2.28 bits per heavy atom. The van der Waals surface area contributed by atoms with Crippen molar-refractivity contribution in [1.29, 1.82) is 0 Å². The summed E-state index contributed by atoms with van der Waals surface area (Å²) in [6.07, 6.45) is 13.6. The van der Waals surface area contributed by atoms with Crippen LogP contribution in [-0.4, -0.2) is 22.4 Å². The molecule has 3 aliphatic rings. The maximum absolute atomic E-state index is 13.3. The van der Waals surface area contributed by atoms with Crippen LogP contribution in [0.4, 0.5) is 4.39 Å². The van der Waals surface area contributed by atoms with Gasteiger partial charge in [0.1, 0.15) is 18.2 Å². The minimum absolute atomic E-state index is 0.226. The maximum Gasteiger partial charge on any atom is 0.123 e. The second kappa shape index (κ2) is 11.4. The van der Waals surface area contributed by atoms with E-state index in [-0.39, 0.29) is 11.9 Å². The van der Waals surface area contributed by atoms with Crippen molar-refractivity contribution >= 4 is 0 Å². The maximum atomic E-state index is 13.3. The minimum Gasteiger partial charge on any atom is -0.489 e. The zero-order valence-corrected chi connectivity index (χ0v) is 22.4. The zero-order valence-electron chi connectivity index (χ0n) is 22.4. The summed E-state index contributed by atoms with van der Waals surface area (Å²) in [6, 6.07) is 28.2. The average Bonchev–Trinajstić information content (AvgIpc) is 3.29. The third kappa shape index (κ3) is 5.56. The van der Waals surface area contributed by atoms with Crippen LogP contribution < -0.4 is 0 Å². The molecule has 0 bridgehead atoms. The standard InChI is InChI=1S/C35H35FN2O/c1-26-35-33(20-22-37(26)24-28-11-6-3-7-12-28)32-19-18-31(39-25-29-14-16-30(36)17-15-29)23-34(32)38(35)21-8-13-27-9-4-2-5-10-27/h2-7,9-12,14-20,22-23,32-34H,8,13,21,24-25H2,1H3. The minimum atomic E-state index is -0.226. The number of rotatable bonds is 9. The molecular formula is C35H35FN2O. The fraction of sp³-hybridized carbons (Fsp3) is 0.257. The van der Waals surface area contributed by atoms with E-state index in [1.165, 1.54) is 34.7 Å². The van der Waals surface area contributed by atoms with Gasteiger partial charge in [-0.05, 0) is 60.7 Å². The molecule has 0 N–H and O–H groups in total. The van der Waals surface area contributed by atoms with Crippen LogP contribution in [0.3, 0.4) is 0 Å². The molecule has 6 rings (SSSR count). The monoisotopic (exact) mass is 518 g/mol. The van der Waals surface area contributed by atoms with E-state index in [4.69, 9.17) is 4.74 Å². The Labute approximate surface area is 231 Å². The molecule has 3 unspecified atom stereocenters. The number of ether oxygens (including phenoxy) is 1. The molecule has 0 radical (unpaired) electrons. The van der Waals surface area contributed by atoms with E-state index >= 15 is 0 Å². The molecule has 4 heteroatoms. The van der Waals surface area contributed by atoms with Crippen LogP contribution in [0.15, 0.2) is 133 Å². The van der Waals surface area contributed by atoms with E-state index in [1.807, 2.05) is 0 Å². The zero-order chi connectivity index (χ0) is 26.6. The number of fused-ring (bicyclic) bond motifs is 3. The molecule has 2 aliphatic heterocycles. The molecule has 0 amide bonds. The molecule has 1 fully saturated rings. The van der Waals surface area contributed by atoms with Crippen molar-refractivity contribution < 1.29 is 9.13 Å². The first-order valence-corrected chi connectivity index (χ1v) is 13.9. The fourth-order valence-corrected chi connectivity index (χ4v) is 6.11. The van der Waals surface area contributed by atoms with Crippen molar-refractivity contribution in [1.82, 2.24) is 9.80 Å². The molecule has 0 aromatic heterocycles. The van der Waals surface area contributed by atoms with Gasteiger partial charge in [-0.15, -0.1) is 0 Å².